The summed E-state index contributed by atoms with van der Waals surface area (Å²) in [6.07, 6.45) is 0.973. The van der Waals surface area contributed by atoms with E-state index in [1.807, 2.05) is 32.5 Å². The first-order valence-electron chi connectivity index (χ1n) is 6.89. The van der Waals surface area contributed by atoms with Gasteiger partial charge in [-0.2, -0.15) is 5.10 Å². The SMILES string of the molecule is Cc1cc(C)n(CCCNCC(=O)N(C)C(C)C)n1. The Hall–Kier alpha value is -1.36. The molecule has 0 saturated heterocycles. The Morgan fingerprint density at radius 2 is 2.16 bits per heavy atom. The molecule has 0 saturated carbocycles. The van der Waals surface area contributed by atoms with E-state index in [0.29, 0.717) is 6.54 Å². The van der Waals surface area contributed by atoms with Crippen molar-refractivity contribution in [2.75, 3.05) is 20.1 Å². The third kappa shape index (κ3) is 5.03. The van der Waals surface area contributed by atoms with E-state index in [1.165, 1.54) is 5.69 Å². The third-order valence-electron chi connectivity index (χ3n) is 3.27. The van der Waals surface area contributed by atoms with Crippen LogP contribution in [0.5, 0.6) is 0 Å². The van der Waals surface area contributed by atoms with Crippen molar-refractivity contribution in [3.63, 3.8) is 0 Å². The number of nitrogens with zero attached hydrogens (tertiary/aromatic N) is 3. The van der Waals surface area contributed by atoms with Gasteiger partial charge in [-0.3, -0.25) is 9.48 Å². The zero-order valence-corrected chi connectivity index (χ0v) is 12.7. The molecule has 1 aromatic rings. The minimum atomic E-state index is 0.140. The highest BCUT2D eigenvalue weighted by molar-refractivity contribution is 5.78. The van der Waals surface area contributed by atoms with Crippen molar-refractivity contribution >= 4 is 5.91 Å². The fraction of sp³-hybridized carbons (Fsp3) is 0.714. The highest BCUT2D eigenvalue weighted by atomic mass is 16.2. The van der Waals surface area contributed by atoms with Crippen LogP contribution < -0.4 is 5.32 Å². The number of aromatic nitrogens is 2. The Bertz CT molecular complexity index is 412. The molecule has 0 aliphatic heterocycles. The molecule has 1 aromatic heterocycles. The predicted molar refractivity (Wildman–Crippen MR) is 77.1 cm³/mol. The minimum absolute atomic E-state index is 0.140. The van der Waals surface area contributed by atoms with E-state index in [-0.39, 0.29) is 11.9 Å². The van der Waals surface area contributed by atoms with Crippen molar-refractivity contribution in [1.82, 2.24) is 20.0 Å². The molecule has 0 bridgehead atoms. The van der Waals surface area contributed by atoms with Crippen LogP contribution in [0, 0.1) is 13.8 Å². The molecule has 0 aliphatic rings. The molecule has 0 aromatic carbocycles. The van der Waals surface area contributed by atoms with E-state index < -0.39 is 0 Å². The zero-order chi connectivity index (χ0) is 14.4. The number of aryl methyl sites for hydroxylation is 3. The van der Waals surface area contributed by atoms with Gasteiger partial charge in [0.05, 0.1) is 12.2 Å². The topological polar surface area (TPSA) is 50.2 Å². The van der Waals surface area contributed by atoms with Crippen molar-refractivity contribution in [2.45, 2.75) is 46.7 Å². The number of hydrogen-bond donors (Lipinski definition) is 1. The number of likely N-dealkylation sites (N-methyl/N-ethyl adjacent to an activating group) is 1. The Balaban J connectivity index is 2.18. The summed E-state index contributed by atoms with van der Waals surface area (Å²) in [6.45, 7) is 10.2. The van der Waals surface area contributed by atoms with Crippen LogP contribution in [0.4, 0.5) is 0 Å². The highest BCUT2D eigenvalue weighted by Gasteiger charge is 2.10. The minimum Gasteiger partial charge on any atom is -0.342 e. The van der Waals surface area contributed by atoms with Crippen molar-refractivity contribution in [3.8, 4) is 0 Å². The third-order valence-corrected chi connectivity index (χ3v) is 3.27. The second kappa shape index (κ2) is 7.28. The molecular formula is C14H26N4O. The van der Waals surface area contributed by atoms with Crippen LogP contribution in [0.15, 0.2) is 6.07 Å². The number of carbonyl (C=O) groups excluding carboxylic acids is 1. The smallest absolute Gasteiger partial charge is 0.236 e. The molecule has 0 fully saturated rings. The Morgan fingerprint density at radius 1 is 1.47 bits per heavy atom. The summed E-state index contributed by atoms with van der Waals surface area (Å²) >= 11 is 0. The van der Waals surface area contributed by atoms with Gasteiger partial charge in [0.2, 0.25) is 5.91 Å². The molecule has 0 aliphatic carbocycles. The van der Waals surface area contributed by atoms with Crippen molar-refractivity contribution in [3.05, 3.63) is 17.5 Å². The van der Waals surface area contributed by atoms with Crippen LogP contribution in [-0.2, 0) is 11.3 Å². The van der Waals surface area contributed by atoms with Gasteiger partial charge in [0, 0.05) is 25.3 Å². The molecule has 0 atom stereocenters. The van der Waals surface area contributed by atoms with E-state index in [0.717, 1.165) is 25.2 Å². The fourth-order valence-corrected chi connectivity index (χ4v) is 1.86. The molecule has 1 N–H and O–H groups in total. The van der Waals surface area contributed by atoms with Crippen LogP contribution in [0.25, 0.3) is 0 Å². The number of hydrogen-bond acceptors (Lipinski definition) is 3. The van der Waals surface area contributed by atoms with Gasteiger partial charge in [0.15, 0.2) is 0 Å². The summed E-state index contributed by atoms with van der Waals surface area (Å²) in [4.78, 5) is 13.5. The fourth-order valence-electron chi connectivity index (χ4n) is 1.86. The van der Waals surface area contributed by atoms with Gasteiger partial charge in [-0.25, -0.2) is 0 Å². The van der Waals surface area contributed by atoms with E-state index >= 15 is 0 Å². The molecule has 1 rings (SSSR count). The summed E-state index contributed by atoms with van der Waals surface area (Å²) in [6, 6.07) is 2.33. The quantitative estimate of drug-likeness (QED) is 0.758. The van der Waals surface area contributed by atoms with E-state index in [9.17, 15) is 4.79 Å². The van der Waals surface area contributed by atoms with Gasteiger partial charge in [-0.1, -0.05) is 0 Å². The van der Waals surface area contributed by atoms with Crippen LogP contribution in [0.1, 0.15) is 31.7 Å². The molecular weight excluding hydrogens is 240 g/mol. The lowest BCUT2D eigenvalue weighted by Gasteiger charge is -2.21. The molecule has 5 nitrogen and oxygen atoms in total. The van der Waals surface area contributed by atoms with E-state index in [2.05, 4.69) is 23.4 Å². The monoisotopic (exact) mass is 266 g/mol. The van der Waals surface area contributed by atoms with Crippen molar-refractivity contribution in [2.24, 2.45) is 0 Å². The van der Waals surface area contributed by atoms with E-state index in [4.69, 9.17) is 0 Å². The van der Waals surface area contributed by atoms with Gasteiger partial charge < -0.3 is 10.2 Å². The average molecular weight is 266 g/mol. The molecule has 0 radical (unpaired) electrons. The van der Waals surface area contributed by atoms with Gasteiger partial charge in [-0.05, 0) is 46.7 Å². The molecule has 108 valence electrons. The lowest BCUT2D eigenvalue weighted by Crippen LogP contribution is -2.39. The molecule has 5 heteroatoms. The standard InChI is InChI=1S/C14H26N4O/c1-11(2)17(5)14(19)10-15-7-6-8-18-13(4)9-12(3)16-18/h9,11,15H,6-8,10H2,1-5H3. The van der Waals surface area contributed by atoms with Crippen LogP contribution in [-0.4, -0.2) is 46.8 Å². The average Bonchev–Trinajstić information content (AvgIpc) is 2.66. The first kappa shape index (κ1) is 15.7. The van der Waals surface area contributed by atoms with Gasteiger partial charge in [-0.15, -0.1) is 0 Å². The maximum absolute atomic E-state index is 11.7. The van der Waals surface area contributed by atoms with Crippen LogP contribution in [0.3, 0.4) is 0 Å². The molecule has 19 heavy (non-hydrogen) atoms. The first-order valence-corrected chi connectivity index (χ1v) is 6.89. The lowest BCUT2D eigenvalue weighted by atomic mass is 10.3. The van der Waals surface area contributed by atoms with Crippen molar-refractivity contribution in [1.29, 1.82) is 0 Å². The zero-order valence-electron chi connectivity index (χ0n) is 12.7. The second-order valence-corrected chi connectivity index (χ2v) is 5.28. The summed E-state index contributed by atoms with van der Waals surface area (Å²) in [7, 11) is 1.84. The van der Waals surface area contributed by atoms with Crippen molar-refractivity contribution < 1.29 is 4.79 Å². The number of carbonyl (C=O) groups is 1. The highest BCUT2D eigenvalue weighted by Crippen LogP contribution is 2.02. The largest absolute Gasteiger partial charge is 0.342 e. The predicted octanol–water partition coefficient (Wildman–Crippen LogP) is 1.35. The summed E-state index contributed by atoms with van der Waals surface area (Å²) < 4.78 is 2.01. The first-order chi connectivity index (χ1) is 8.91. The summed E-state index contributed by atoms with van der Waals surface area (Å²) in [5.74, 6) is 0.140. The molecule has 0 unspecified atom stereocenters. The lowest BCUT2D eigenvalue weighted by molar-refractivity contribution is -0.130. The van der Waals surface area contributed by atoms with E-state index in [1.54, 1.807) is 4.90 Å². The number of nitrogens with one attached hydrogen (secondary N) is 1. The van der Waals surface area contributed by atoms with Gasteiger partial charge in [0.1, 0.15) is 0 Å². The molecule has 1 heterocycles. The Morgan fingerprint density at radius 3 is 2.68 bits per heavy atom. The Labute approximate surface area is 116 Å². The maximum Gasteiger partial charge on any atom is 0.236 e. The van der Waals surface area contributed by atoms with Gasteiger partial charge >= 0.3 is 0 Å². The summed E-state index contributed by atoms with van der Waals surface area (Å²) in [5.41, 5.74) is 2.24. The van der Waals surface area contributed by atoms with Gasteiger partial charge in [0.25, 0.3) is 0 Å². The number of amides is 1. The Kier molecular flexibility index (Phi) is 6.02. The van der Waals surface area contributed by atoms with Crippen LogP contribution in [0.2, 0.25) is 0 Å². The van der Waals surface area contributed by atoms with Crippen LogP contribution >= 0.6 is 0 Å². The molecule has 1 amide bonds. The maximum atomic E-state index is 11.7. The molecule has 0 spiro atoms. The second-order valence-electron chi connectivity index (χ2n) is 5.28. The summed E-state index contributed by atoms with van der Waals surface area (Å²) in [5, 5.41) is 7.59. The normalized spacial score (nSPS) is 11.1. The number of rotatable bonds is 7.